The van der Waals surface area contributed by atoms with Gasteiger partial charge in [-0.05, 0) is 49.4 Å². The lowest BCUT2D eigenvalue weighted by Gasteiger charge is -2.20. The van der Waals surface area contributed by atoms with Gasteiger partial charge in [0.1, 0.15) is 11.6 Å². The quantitative estimate of drug-likeness (QED) is 0.783. The van der Waals surface area contributed by atoms with Crippen molar-refractivity contribution in [2.75, 3.05) is 18.0 Å². The van der Waals surface area contributed by atoms with Crippen molar-refractivity contribution in [2.45, 2.75) is 11.8 Å². The fourth-order valence-electron chi connectivity index (χ4n) is 1.90. The minimum Gasteiger partial charge on any atom is -0.494 e. The summed E-state index contributed by atoms with van der Waals surface area (Å²) in [5.41, 5.74) is -0.0166. The van der Waals surface area contributed by atoms with Crippen LogP contribution < -0.4 is 9.04 Å². The Morgan fingerprint density at radius 2 is 1.82 bits per heavy atom. The maximum absolute atomic E-state index is 14.0. The lowest BCUT2D eigenvalue weighted by atomic mass is 10.3. The molecule has 2 aromatic carbocycles. The van der Waals surface area contributed by atoms with Crippen LogP contribution in [0.5, 0.6) is 5.75 Å². The molecule has 2 aromatic rings. The van der Waals surface area contributed by atoms with Crippen LogP contribution in [0.15, 0.2) is 51.8 Å². The van der Waals surface area contributed by atoms with Crippen molar-refractivity contribution in [1.82, 2.24) is 0 Å². The molecule has 2 rings (SSSR count). The van der Waals surface area contributed by atoms with Gasteiger partial charge >= 0.3 is 0 Å². The van der Waals surface area contributed by atoms with Crippen molar-refractivity contribution >= 4 is 31.6 Å². The van der Waals surface area contributed by atoms with Gasteiger partial charge < -0.3 is 4.74 Å². The molecule has 0 bridgehead atoms. The van der Waals surface area contributed by atoms with Crippen LogP contribution >= 0.6 is 15.9 Å². The van der Waals surface area contributed by atoms with Crippen molar-refractivity contribution in [3.05, 3.63) is 52.8 Å². The Balaban J connectivity index is 2.36. The first-order valence-corrected chi connectivity index (χ1v) is 8.76. The fraction of sp³-hybridized carbons (Fsp3) is 0.200. The number of hydrogen-bond donors (Lipinski definition) is 0. The molecular weight excluding hydrogens is 373 g/mol. The Morgan fingerprint density at radius 1 is 1.18 bits per heavy atom. The Labute approximate surface area is 137 Å². The topological polar surface area (TPSA) is 46.6 Å². The highest BCUT2D eigenvalue weighted by Crippen LogP contribution is 2.27. The lowest BCUT2D eigenvalue weighted by molar-refractivity contribution is 0.340. The number of halogens is 2. The molecule has 0 N–H and O–H groups in total. The van der Waals surface area contributed by atoms with Crippen LogP contribution in [0.25, 0.3) is 0 Å². The Bertz CT molecular complexity index is 763. The summed E-state index contributed by atoms with van der Waals surface area (Å²) >= 11 is 3.14. The standard InChI is InChI=1S/C15H15BrFNO3S/c1-3-21-12-5-7-13(8-6-12)22(19,20)18(2)15-9-4-11(16)10-14(15)17/h4-10H,3H2,1-2H3. The van der Waals surface area contributed by atoms with Crippen molar-refractivity contribution in [3.63, 3.8) is 0 Å². The lowest BCUT2D eigenvalue weighted by Crippen LogP contribution is -2.27. The number of anilines is 1. The first-order chi connectivity index (χ1) is 10.4. The highest BCUT2D eigenvalue weighted by atomic mass is 79.9. The molecule has 0 aliphatic heterocycles. The van der Waals surface area contributed by atoms with Crippen molar-refractivity contribution in [2.24, 2.45) is 0 Å². The number of hydrogen-bond acceptors (Lipinski definition) is 3. The van der Waals surface area contributed by atoms with Crippen molar-refractivity contribution in [3.8, 4) is 5.75 Å². The second-order valence-corrected chi connectivity index (χ2v) is 7.36. The largest absolute Gasteiger partial charge is 0.494 e. The first-order valence-electron chi connectivity index (χ1n) is 6.53. The Kier molecular flexibility index (Phi) is 5.08. The fourth-order valence-corrected chi connectivity index (χ4v) is 3.44. The van der Waals surface area contributed by atoms with Crippen molar-refractivity contribution in [1.29, 1.82) is 0 Å². The van der Waals surface area contributed by atoms with Crippen LogP contribution in [0.2, 0.25) is 0 Å². The molecule has 4 nitrogen and oxygen atoms in total. The molecule has 118 valence electrons. The monoisotopic (exact) mass is 387 g/mol. The molecule has 0 atom stereocenters. The average Bonchev–Trinajstić information content (AvgIpc) is 2.47. The van der Waals surface area contributed by atoms with Gasteiger partial charge in [0, 0.05) is 11.5 Å². The number of nitrogens with zero attached hydrogens (tertiary/aromatic N) is 1. The third-order valence-corrected chi connectivity index (χ3v) is 5.32. The number of rotatable bonds is 5. The van der Waals surface area contributed by atoms with E-state index in [4.69, 9.17) is 4.74 Å². The second-order valence-electron chi connectivity index (χ2n) is 4.47. The third kappa shape index (κ3) is 3.41. The molecule has 7 heteroatoms. The van der Waals surface area contributed by atoms with Crippen LogP contribution in [0.3, 0.4) is 0 Å². The molecule has 0 aliphatic rings. The molecule has 0 heterocycles. The smallest absolute Gasteiger partial charge is 0.264 e. The van der Waals surface area contributed by atoms with E-state index >= 15 is 0 Å². The van der Waals surface area contributed by atoms with Crippen LogP contribution in [0.1, 0.15) is 6.92 Å². The zero-order valence-corrected chi connectivity index (χ0v) is 14.5. The van der Waals surface area contributed by atoms with Gasteiger partial charge in [-0.25, -0.2) is 12.8 Å². The number of ether oxygens (including phenoxy) is 1. The molecule has 0 aliphatic carbocycles. The van der Waals surface area contributed by atoms with Crippen LogP contribution in [0.4, 0.5) is 10.1 Å². The maximum Gasteiger partial charge on any atom is 0.264 e. The van der Waals surface area contributed by atoms with E-state index in [9.17, 15) is 12.8 Å². The first kappa shape index (κ1) is 16.8. The van der Waals surface area contributed by atoms with E-state index in [0.717, 1.165) is 4.31 Å². The van der Waals surface area contributed by atoms with E-state index in [1.165, 1.54) is 31.3 Å². The summed E-state index contributed by atoms with van der Waals surface area (Å²) in [6, 6.07) is 10.2. The van der Waals surface area contributed by atoms with Gasteiger partial charge in [0.2, 0.25) is 0 Å². The SMILES string of the molecule is CCOc1ccc(S(=O)(=O)N(C)c2ccc(Br)cc2F)cc1. The second kappa shape index (κ2) is 6.66. The van der Waals surface area contributed by atoms with Crippen LogP contribution in [-0.4, -0.2) is 22.1 Å². The molecule has 0 aromatic heterocycles. The summed E-state index contributed by atoms with van der Waals surface area (Å²) in [6.45, 7) is 2.34. The van der Waals surface area contributed by atoms with E-state index in [0.29, 0.717) is 16.8 Å². The third-order valence-electron chi connectivity index (χ3n) is 3.04. The van der Waals surface area contributed by atoms with Gasteiger partial charge in [0.05, 0.1) is 17.2 Å². The summed E-state index contributed by atoms with van der Waals surface area (Å²) in [5, 5.41) is 0. The maximum atomic E-state index is 14.0. The number of sulfonamides is 1. The highest BCUT2D eigenvalue weighted by molar-refractivity contribution is 9.10. The van der Waals surface area contributed by atoms with Gasteiger partial charge in [-0.3, -0.25) is 4.31 Å². The minimum absolute atomic E-state index is 0.0166. The van der Waals surface area contributed by atoms with Gasteiger partial charge in [-0.2, -0.15) is 0 Å². The van der Waals surface area contributed by atoms with E-state index in [1.807, 2.05) is 6.92 Å². The predicted octanol–water partition coefficient (Wildman–Crippen LogP) is 3.81. The van der Waals surface area contributed by atoms with E-state index in [2.05, 4.69) is 15.9 Å². The zero-order chi connectivity index (χ0) is 16.3. The van der Waals surface area contributed by atoms with Gasteiger partial charge in [-0.15, -0.1) is 0 Å². The average molecular weight is 388 g/mol. The molecule has 0 amide bonds. The molecule has 0 fully saturated rings. The molecule has 22 heavy (non-hydrogen) atoms. The molecule has 0 saturated heterocycles. The highest BCUT2D eigenvalue weighted by Gasteiger charge is 2.23. The predicted molar refractivity (Wildman–Crippen MR) is 87.3 cm³/mol. The normalized spacial score (nSPS) is 11.3. The number of benzene rings is 2. The Hall–Kier alpha value is -1.60. The van der Waals surface area contributed by atoms with Crippen LogP contribution in [0, 0.1) is 5.82 Å². The summed E-state index contributed by atoms with van der Waals surface area (Å²) in [7, 11) is -2.52. The molecule has 0 unspecified atom stereocenters. The van der Waals surface area contributed by atoms with Gasteiger partial charge in [-0.1, -0.05) is 15.9 Å². The summed E-state index contributed by atoms with van der Waals surface area (Å²) in [6.07, 6.45) is 0. The van der Waals surface area contributed by atoms with Gasteiger partial charge in [0.15, 0.2) is 0 Å². The van der Waals surface area contributed by atoms with E-state index in [-0.39, 0.29) is 10.6 Å². The van der Waals surface area contributed by atoms with E-state index < -0.39 is 15.8 Å². The molecule has 0 saturated carbocycles. The summed E-state index contributed by atoms with van der Waals surface area (Å²) in [4.78, 5) is 0.0702. The zero-order valence-electron chi connectivity index (χ0n) is 12.1. The minimum atomic E-state index is -3.84. The molecule has 0 spiro atoms. The van der Waals surface area contributed by atoms with Crippen molar-refractivity contribution < 1.29 is 17.5 Å². The summed E-state index contributed by atoms with van der Waals surface area (Å²) < 4.78 is 45.8. The molecular formula is C15H15BrFNO3S. The van der Waals surface area contributed by atoms with E-state index in [1.54, 1.807) is 18.2 Å². The van der Waals surface area contributed by atoms with Crippen LogP contribution in [-0.2, 0) is 10.0 Å². The van der Waals surface area contributed by atoms with Gasteiger partial charge in [0.25, 0.3) is 10.0 Å². The Morgan fingerprint density at radius 3 is 2.36 bits per heavy atom. The summed E-state index contributed by atoms with van der Waals surface area (Å²) in [5.74, 6) is -0.0367. The molecule has 0 radical (unpaired) electrons.